The van der Waals surface area contributed by atoms with Gasteiger partial charge < -0.3 is 4.74 Å². The van der Waals surface area contributed by atoms with Crippen LogP contribution < -0.4 is 10.3 Å². The van der Waals surface area contributed by atoms with E-state index in [1.54, 1.807) is 36.5 Å². The lowest BCUT2D eigenvalue weighted by Gasteiger charge is -2.22. The Morgan fingerprint density at radius 2 is 1.78 bits per heavy atom. The summed E-state index contributed by atoms with van der Waals surface area (Å²) < 4.78 is 7.32. The molecule has 0 amide bonds. The van der Waals surface area contributed by atoms with E-state index >= 15 is 0 Å². The molecule has 0 aliphatic heterocycles. The highest BCUT2D eigenvalue weighted by atomic mass is 35.5. The van der Waals surface area contributed by atoms with Crippen molar-refractivity contribution < 1.29 is 4.74 Å². The van der Waals surface area contributed by atoms with E-state index in [2.05, 4.69) is 5.10 Å². The molecule has 4 aromatic rings. The van der Waals surface area contributed by atoms with Gasteiger partial charge in [0.1, 0.15) is 18.2 Å². The molecule has 36 heavy (non-hydrogen) atoms. The molecule has 3 aromatic carbocycles. The van der Waals surface area contributed by atoms with Gasteiger partial charge in [0.15, 0.2) is 0 Å². The monoisotopic (exact) mass is 539 g/mol. The van der Waals surface area contributed by atoms with Crippen molar-refractivity contribution in [1.29, 1.82) is 0 Å². The SMILES string of the molecule is O=c1c2ccccc2nc(C2CCCCC2)n1N=Cc1ccc(OCc2ccc(Cl)cc2Cl)c(Cl)c1. The Morgan fingerprint density at radius 3 is 2.56 bits per heavy atom. The Morgan fingerprint density at radius 1 is 0.972 bits per heavy atom. The van der Waals surface area contributed by atoms with Crippen molar-refractivity contribution in [2.45, 2.75) is 44.6 Å². The molecule has 1 fully saturated rings. The molecular formula is C28H24Cl3N3O2. The first-order valence-electron chi connectivity index (χ1n) is 11.9. The standard InChI is InChI=1S/C28H24Cl3N3O2/c29-21-12-11-20(23(30)15-21)17-36-26-13-10-18(14-24(26)31)16-32-34-27(19-6-2-1-3-7-19)33-25-9-5-4-8-22(25)28(34)35/h4-5,8-16,19H,1-3,6-7,17H2. The zero-order chi connectivity index (χ0) is 25.1. The van der Waals surface area contributed by atoms with Gasteiger partial charge in [-0.05, 0) is 60.9 Å². The molecule has 1 aromatic heterocycles. The summed E-state index contributed by atoms with van der Waals surface area (Å²) in [6, 6.07) is 18.0. The van der Waals surface area contributed by atoms with Gasteiger partial charge in [-0.3, -0.25) is 4.79 Å². The lowest BCUT2D eigenvalue weighted by Crippen LogP contribution is -2.25. The molecule has 1 saturated carbocycles. The van der Waals surface area contributed by atoms with Gasteiger partial charge in [-0.1, -0.05) is 72.3 Å². The molecule has 1 heterocycles. The molecular weight excluding hydrogens is 517 g/mol. The number of fused-ring (bicyclic) bond motifs is 1. The summed E-state index contributed by atoms with van der Waals surface area (Å²) >= 11 is 18.7. The van der Waals surface area contributed by atoms with Gasteiger partial charge in [0.05, 0.1) is 22.1 Å². The minimum absolute atomic E-state index is 0.164. The molecule has 8 heteroatoms. The van der Waals surface area contributed by atoms with E-state index in [0.717, 1.165) is 42.6 Å². The predicted octanol–water partition coefficient (Wildman–Crippen LogP) is 7.87. The maximum atomic E-state index is 13.3. The van der Waals surface area contributed by atoms with Crippen LogP contribution in [0.4, 0.5) is 0 Å². The topological polar surface area (TPSA) is 56.5 Å². The number of halogens is 3. The van der Waals surface area contributed by atoms with Crippen LogP contribution in [0, 0.1) is 0 Å². The number of hydrogen-bond acceptors (Lipinski definition) is 4. The van der Waals surface area contributed by atoms with E-state index in [1.807, 2.05) is 30.3 Å². The fourth-order valence-electron chi connectivity index (χ4n) is 4.51. The van der Waals surface area contributed by atoms with Crippen LogP contribution in [-0.4, -0.2) is 15.9 Å². The van der Waals surface area contributed by atoms with Crippen LogP contribution in [0.15, 0.2) is 70.6 Å². The number of ether oxygens (including phenoxy) is 1. The van der Waals surface area contributed by atoms with E-state index in [4.69, 9.17) is 44.5 Å². The van der Waals surface area contributed by atoms with E-state index in [0.29, 0.717) is 31.7 Å². The lowest BCUT2D eigenvalue weighted by atomic mass is 9.88. The molecule has 0 atom stereocenters. The summed E-state index contributed by atoms with van der Waals surface area (Å²) in [5.74, 6) is 1.46. The lowest BCUT2D eigenvalue weighted by molar-refractivity contribution is 0.306. The second kappa shape index (κ2) is 11.0. The molecule has 0 unspecified atom stereocenters. The Balaban J connectivity index is 1.41. The Hall–Kier alpha value is -2.86. The first-order valence-corrected chi connectivity index (χ1v) is 13.1. The third kappa shape index (κ3) is 5.44. The number of rotatable bonds is 6. The molecule has 1 aliphatic carbocycles. The van der Waals surface area contributed by atoms with Crippen molar-refractivity contribution in [3.63, 3.8) is 0 Å². The largest absolute Gasteiger partial charge is 0.487 e. The second-order valence-electron chi connectivity index (χ2n) is 8.90. The first kappa shape index (κ1) is 24.8. The smallest absolute Gasteiger partial charge is 0.282 e. The minimum atomic E-state index is -0.164. The van der Waals surface area contributed by atoms with E-state index in [9.17, 15) is 4.79 Å². The van der Waals surface area contributed by atoms with Gasteiger partial charge in [0.25, 0.3) is 5.56 Å². The fourth-order valence-corrected chi connectivity index (χ4v) is 5.22. The molecule has 5 rings (SSSR count). The first-order chi connectivity index (χ1) is 17.5. The predicted molar refractivity (Wildman–Crippen MR) is 147 cm³/mol. The average molecular weight is 541 g/mol. The maximum absolute atomic E-state index is 13.3. The minimum Gasteiger partial charge on any atom is -0.487 e. The van der Waals surface area contributed by atoms with Crippen LogP contribution in [0.1, 0.15) is 55.0 Å². The van der Waals surface area contributed by atoms with E-state index < -0.39 is 0 Å². The number of benzene rings is 3. The summed E-state index contributed by atoms with van der Waals surface area (Å²) in [6.45, 7) is 0.256. The summed E-state index contributed by atoms with van der Waals surface area (Å²) in [7, 11) is 0. The summed E-state index contributed by atoms with van der Waals surface area (Å²) in [6.07, 6.45) is 7.14. The average Bonchev–Trinajstić information content (AvgIpc) is 2.89. The van der Waals surface area contributed by atoms with Gasteiger partial charge >= 0.3 is 0 Å². The van der Waals surface area contributed by atoms with Gasteiger partial charge in [0.2, 0.25) is 0 Å². The third-order valence-corrected chi connectivity index (χ3v) is 7.31. The van der Waals surface area contributed by atoms with Crippen molar-refractivity contribution in [2.24, 2.45) is 5.10 Å². The highest BCUT2D eigenvalue weighted by Gasteiger charge is 2.22. The quantitative estimate of drug-likeness (QED) is 0.234. The fraction of sp³-hybridized carbons (Fsp3) is 0.250. The second-order valence-corrected chi connectivity index (χ2v) is 10.1. The maximum Gasteiger partial charge on any atom is 0.282 e. The normalized spacial score (nSPS) is 14.5. The highest BCUT2D eigenvalue weighted by Crippen LogP contribution is 2.32. The van der Waals surface area contributed by atoms with E-state index in [-0.39, 0.29) is 18.1 Å². The van der Waals surface area contributed by atoms with Crippen LogP contribution in [-0.2, 0) is 6.61 Å². The molecule has 184 valence electrons. The summed E-state index contributed by atoms with van der Waals surface area (Å²) in [4.78, 5) is 18.2. The van der Waals surface area contributed by atoms with Crippen molar-refractivity contribution in [1.82, 2.24) is 9.66 Å². The zero-order valence-corrected chi connectivity index (χ0v) is 21.7. The van der Waals surface area contributed by atoms with Crippen LogP contribution >= 0.6 is 34.8 Å². The van der Waals surface area contributed by atoms with Crippen LogP contribution in [0.5, 0.6) is 5.75 Å². The van der Waals surface area contributed by atoms with Gasteiger partial charge in [-0.2, -0.15) is 9.78 Å². The zero-order valence-electron chi connectivity index (χ0n) is 19.5. The Bertz CT molecular complexity index is 1490. The van der Waals surface area contributed by atoms with Crippen LogP contribution in [0.25, 0.3) is 10.9 Å². The van der Waals surface area contributed by atoms with Crippen molar-refractivity contribution in [3.8, 4) is 5.75 Å². The molecule has 0 radical (unpaired) electrons. The summed E-state index contributed by atoms with van der Waals surface area (Å²) in [5, 5.41) is 6.66. The van der Waals surface area contributed by atoms with Gasteiger partial charge in [-0.15, -0.1) is 0 Å². The molecule has 0 N–H and O–H groups in total. The van der Waals surface area contributed by atoms with Gasteiger partial charge in [0, 0.05) is 21.5 Å². The van der Waals surface area contributed by atoms with Gasteiger partial charge in [-0.25, -0.2) is 4.98 Å². The summed E-state index contributed by atoms with van der Waals surface area (Å²) in [5.41, 5.74) is 2.09. The highest BCUT2D eigenvalue weighted by molar-refractivity contribution is 6.35. The van der Waals surface area contributed by atoms with Crippen molar-refractivity contribution >= 4 is 51.9 Å². The molecule has 5 nitrogen and oxygen atoms in total. The number of nitrogens with zero attached hydrogens (tertiary/aromatic N) is 3. The van der Waals surface area contributed by atoms with Crippen molar-refractivity contribution in [3.05, 3.63) is 103 Å². The van der Waals surface area contributed by atoms with Crippen molar-refractivity contribution in [2.75, 3.05) is 0 Å². The molecule has 0 saturated heterocycles. The third-order valence-electron chi connectivity index (χ3n) is 6.43. The number of para-hydroxylation sites is 1. The number of aromatic nitrogens is 2. The molecule has 0 spiro atoms. The molecule has 1 aliphatic rings. The van der Waals surface area contributed by atoms with E-state index in [1.165, 1.54) is 11.1 Å². The van der Waals surface area contributed by atoms with Crippen LogP contribution in [0.3, 0.4) is 0 Å². The number of hydrogen-bond donors (Lipinski definition) is 0. The van der Waals surface area contributed by atoms with Crippen LogP contribution in [0.2, 0.25) is 15.1 Å². The Kier molecular flexibility index (Phi) is 7.61. The Labute approximate surface area is 224 Å². The molecule has 0 bridgehead atoms.